The third-order valence-electron chi connectivity index (χ3n) is 4.10. The summed E-state index contributed by atoms with van der Waals surface area (Å²) in [7, 11) is -2.42. The lowest BCUT2D eigenvalue weighted by Crippen LogP contribution is -2.48. The molecule has 2 fully saturated rings. The SMILES string of the molecule is N#CC1CCN(CC(N2CC[CH]CC2)[SH](=O)=O)CC1. The second-order valence-electron chi connectivity index (χ2n) is 5.37. The first-order valence-corrected chi connectivity index (χ1v) is 8.26. The Hall–Kier alpha value is -0.640. The van der Waals surface area contributed by atoms with Crippen LogP contribution in [0, 0.1) is 23.7 Å². The molecule has 1 unspecified atom stereocenters. The van der Waals surface area contributed by atoms with Gasteiger partial charge < -0.3 is 4.90 Å². The van der Waals surface area contributed by atoms with E-state index in [0.29, 0.717) is 6.54 Å². The van der Waals surface area contributed by atoms with Crippen LogP contribution in [0.15, 0.2) is 0 Å². The fraction of sp³-hybridized carbons (Fsp3) is 0.846. The lowest BCUT2D eigenvalue weighted by atomic mass is 9.99. The highest BCUT2D eigenvalue weighted by Crippen LogP contribution is 2.18. The molecule has 0 bridgehead atoms. The van der Waals surface area contributed by atoms with Gasteiger partial charge >= 0.3 is 0 Å². The maximum atomic E-state index is 11.5. The molecule has 19 heavy (non-hydrogen) atoms. The summed E-state index contributed by atoms with van der Waals surface area (Å²) >= 11 is 0. The Labute approximate surface area is 117 Å². The lowest BCUT2D eigenvalue weighted by molar-refractivity contribution is 0.146. The number of hydrogen-bond acceptors (Lipinski definition) is 5. The minimum atomic E-state index is -2.42. The summed E-state index contributed by atoms with van der Waals surface area (Å²) in [5.74, 6) is 0.153. The minimum absolute atomic E-state index is 0.153. The highest BCUT2D eigenvalue weighted by Gasteiger charge is 2.27. The quantitative estimate of drug-likeness (QED) is 0.760. The number of piperidine rings is 2. The molecule has 2 heterocycles. The second kappa shape index (κ2) is 7.22. The summed E-state index contributed by atoms with van der Waals surface area (Å²) in [5, 5.41) is 8.52. The van der Waals surface area contributed by atoms with Crippen molar-refractivity contribution in [3.05, 3.63) is 6.42 Å². The molecule has 1 radical (unpaired) electrons. The van der Waals surface area contributed by atoms with E-state index in [1.54, 1.807) is 0 Å². The fourth-order valence-electron chi connectivity index (χ4n) is 2.86. The van der Waals surface area contributed by atoms with E-state index < -0.39 is 10.7 Å². The van der Waals surface area contributed by atoms with Crippen LogP contribution in [0.25, 0.3) is 0 Å². The van der Waals surface area contributed by atoms with Crippen molar-refractivity contribution in [2.45, 2.75) is 31.1 Å². The van der Waals surface area contributed by atoms with E-state index in [9.17, 15) is 8.42 Å². The lowest BCUT2D eigenvalue weighted by Gasteiger charge is -2.36. The molecule has 0 aromatic rings. The predicted molar refractivity (Wildman–Crippen MR) is 74.0 cm³/mol. The number of thiol groups is 1. The molecular weight excluding hydrogens is 262 g/mol. The zero-order valence-electron chi connectivity index (χ0n) is 11.2. The molecular formula is C13H22N3O2S. The standard InChI is InChI=1S/C13H22N3O2S/c14-10-12-4-8-15(9-5-12)11-13(19(17)18)16-6-2-1-3-7-16/h1,12-13,19H,2-9,11H2. The molecule has 5 nitrogen and oxygen atoms in total. The zero-order valence-corrected chi connectivity index (χ0v) is 12.1. The molecule has 2 aliphatic heterocycles. The van der Waals surface area contributed by atoms with Crippen molar-refractivity contribution in [3.8, 4) is 6.07 Å². The Morgan fingerprint density at radius 1 is 1.21 bits per heavy atom. The largest absolute Gasteiger partial charge is 0.301 e. The summed E-state index contributed by atoms with van der Waals surface area (Å²) in [5.41, 5.74) is 0. The van der Waals surface area contributed by atoms with E-state index in [0.717, 1.165) is 51.9 Å². The third kappa shape index (κ3) is 4.16. The van der Waals surface area contributed by atoms with Gasteiger partial charge in [-0.15, -0.1) is 0 Å². The first-order chi connectivity index (χ1) is 9.20. The fourth-order valence-corrected chi connectivity index (χ4v) is 3.72. The third-order valence-corrected chi connectivity index (χ3v) is 5.07. The van der Waals surface area contributed by atoms with Crippen LogP contribution in [0.3, 0.4) is 0 Å². The summed E-state index contributed by atoms with van der Waals surface area (Å²) < 4.78 is 23.0. The van der Waals surface area contributed by atoms with E-state index in [1.165, 1.54) is 0 Å². The number of hydrogen-bond donors (Lipinski definition) is 1. The number of nitriles is 1. The Morgan fingerprint density at radius 2 is 1.84 bits per heavy atom. The Bertz CT molecular complexity index is 383. The van der Waals surface area contributed by atoms with Gasteiger partial charge in [-0.2, -0.15) is 5.26 Å². The summed E-state index contributed by atoms with van der Waals surface area (Å²) in [6.45, 7) is 3.98. The van der Waals surface area contributed by atoms with Crippen LogP contribution in [0.2, 0.25) is 0 Å². The van der Waals surface area contributed by atoms with E-state index in [2.05, 4.69) is 22.3 Å². The van der Waals surface area contributed by atoms with Gasteiger partial charge in [0.25, 0.3) is 0 Å². The van der Waals surface area contributed by atoms with E-state index in [1.807, 2.05) is 0 Å². The van der Waals surface area contributed by atoms with Crippen molar-refractivity contribution < 1.29 is 8.42 Å². The predicted octanol–water partition coefficient (Wildman–Crippen LogP) is 0.460. The van der Waals surface area contributed by atoms with Crippen LogP contribution in [0.4, 0.5) is 0 Å². The van der Waals surface area contributed by atoms with Crippen molar-refractivity contribution in [2.24, 2.45) is 5.92 Å². The molecule has 0 aromatic carbocycles. The smallest absolute Gasteiger partial charge is 0.157 e. The molecule has 0 N–H and O–H groups in total. The van der Waals surface area contributed by atoms with Crippen molar-refractivity contribution in [3.63, 3.8) is 0 Å². The first kappa shape index (κ1) is 14.8. The van der Waals surface area contributed by atoms with Crippen LogP contribution in [-0.4, -0.2) is 56.3 Å². The van der Waals surface area contributed by atoms with E-state index in [4.69, 9.17) is 5.26 Å². The number of nitrogens with zero attached hydrogens (tertiary/aromatic N) is 3. The molecule has 2 aliphatic rings. The molecule has 2 saturated heterocycles. The molecule has 1 atom stereocenters. The number of rotatable bonds is 4. The second-order valence-corrected chi connectivity index (χ2v) is 6.54. The highest BCUT2D eigenvalue weighted by molar-refractivity contribution is 7.73. The normalized spacial score (nSPS) is 25.3. The molecule has 6 heteroatoms. The molecule has 0 spiro atoms. The summed E-state index contributed by atoms with van der Waals surface area (Å²) in [6.07, 6.45) is 5.93. The average Bonchev–Trinajstić information content (AvgIpc) is 2.46. The average molecular weight is 284 g/mol. The maximum absolute atomic E-state index is 11.5. The highest BCUT2D eigenvalue weighted by atomic mass is 32.2. The molecule has 0 amide bonds. The van der Waals surface area contributed by atoms with Gasteiger partial charge in [0.1, 0.15) is 5.37 Å². The Balaban J connectivity index is 1.88. The minimum Gasteiger partial charge on any atom is -0.301 e. The van der Waals surface area contributed by atoms with E-state index >= 15 is 0 Å². The van der Waals surface area contributed by atoms with Gasteiger partial charge in [-0.05, 0) is 58.3 Å². The molecule has 0 aromatic heterocycles. The Kier molecular flexibility index (Phi) is 5.61. The number of likely N-dealkylation sites (tertiary alicyclic amines) is 2. The molecule has 0 saturated carbocycles. The summed E-state index contributed by atoms with van der Waals surface area (Å²) in [4.78, 5) is 4.28. The molecule has 0 aliphatic carbocycles. The van der Waals surface area contributed by atoms with Crippen molar-refractivity contribution in [1.82, 2.24) is 9.80 Å². The van der Waals surface area contributed by atoms with Gasteiger partial charge in [-0.25, -0.2) is 8.42 Å². The van der Waals surface area contributed by atoms with Gasteiger partial charge in [0.05, 0.1) is 6.07 Å². The van der Waals surface area contributed by atoms with Crippen molar-refractivity contribution in [1.29, 1.82) is 5.26 Å². The van der Waals surface area contributed by atoms with Gasteiger partial charge in [0, 0.05) is 12.5 Å². The van der Waals surface area contributed by atoms with Crippen LogP contribution >= 0.6 is 0 Å². The van der Waals surface area contributed by atoms with Gasteiger partial charge in [0.15, 0.2) is 10.7 Å². The monoisotopic (exact) mass is 284 g/mol. The Morgan fingerprint density at radius 3 is 2.37 bits per heavy atom. The zero-order chi connectivity index (χ0) is 13.7. The van der Waals surface area contributed by atoms with Gasteiger partial charge in [0.2, 0.25) is 0 Å². The van der Waals surface area contributed by atoms with Crippen LogP contribution < -0.4 is 0 Å². The first-order valence-electron chi connectivity index (χ1n) is 7.02. The van der Waals surface area contributed by atoms with Crippen LogP contribution in [0.5, 0.6) is 0 Å². The topological polar surface area (TPSA) is 64.4 Å². The van der Waals surface area contributed by atoms with Crippen molar-refractivity contribution >= 4 is 10.7 Å². The van der Waals surface area contributed by atoms with Gasteiger partial charge in [-0.3, -0.25) is 4.90 Å². The maximum Gasteiger partial charge on any atom is 0.157 e. The van der Waals surface area contributed by atoms with E-state index in [-0.39, 0.29) is 11.3 Å². The molecule has 2 rings (SSSR count). The van der Waals surface area contributed by atoms with Gasteiger partial charge in [-0.1, -0.05) is 0 Å². The van der Waals surface area contributed by atoms with Crippen LogP contribution in [-0.2, 0) is 10.7 Å². The summed E-state index contributed by atoms with van der Waals surface area (Å²) in [6, 6.07) is 2.30. The van der Waals surface area contributed by atoms with Crippen LogP contribution in [0.1, 0.15) is 25.7 Å². The van der Waals surface area contributed by atoms with Crippen molar-refractivity contribution in [2.75, 3.05) is 32.7 Å². The molecule has 107 valence electrons.